The molecular weight excluding hydrogens is 698 g/mol. The van der Waals surface area contributed by atoms with E-state index in [1.807, 2.05) is 0 Å². The van der Waals surface area contributed by atoms with Crippen molar-refractivity contribution in [2.45, 2.75) is 92.1 Å². The van der Waals surface area contributed by atoms with Crippen molar-refractivity contribution >= 4 is 38.4 Å². The van der Waals surface area contributed by atoms with Crippen LogP contribution in [0.15, 0.2) is 22.8 Å². The van der Waals surface area contributed by atoms with Crippen LogP contribution in [0.25, 0.3) is 10.9 Å². The van der Waals surface area contributed by atoms with E-state index in [0.29, 0.717) is 20.4 Å². The number of aliphatic hydroxyl groups is 10. The molecule has 19 heteroatoms. The van der Waals surface area contributed by atoms with Crippen LogP contribution in [0.4, 0.5) is 0 Å². The lowest BCUT2D eigenvalue weighted by molar-refractivity contribution is -0.376. The average Bonchev–Trinajstić information content (AvgIpc) is 3.45. The summed E-state index contributed by atoms with van der Waals surface area (Å²) in [6.45, 7) is -2.34. The zero-order valence-electron chi connectivity index (χ0n) is 23.2. The maximum atomic E-state index is 11.0. The zero-order chi connectivity index (χ0) is 32.7. The summed E-state index contributed by atoms with van der Waals surface area (Å²) in [4.78, 5) is 2.96. The van der Waals surface area contributed by atoms with Gasteiger partial charge in [-0.3, -0.25) is 0 Å². The number of aliphatic hydroxyl groups excluding tert-OH is 10. The van der Waals surface area contributed by atoms with Gasteiger partial charge in [0.15, 0.2) is 12.6 Å². The van der Waals surface area contributed by atoms with Crippen LogP contribution in [-0.4, -0.2) is 168 Å². The van der Waals surface area contributed by atoms with Crippen molar-refractivity contribution in [1.29, 1.82) is 0 Å². The quantitative estimate of drug-likeness (QED) is 0.119. The number of aromatic amines is 1. The molecule has 11 N–H and O–H groups in total. The molecule has 254 valence electrons. The number of ether oxygens (including phenoxy) is 6. The normalized spacial score (nSPS) is 42.6. The Hall–Kier alpha value is -1.27. The van der Waals surface area contributed by atoms with E-state index < -0.39 is 112 Å². The van der Waals surface area contributed by atoms with Crippen LogP contribution in [0.2, 0.25) is 5.02 Å². The third-order valence-corrected chi connectivity index (χ3v) is 9.30. The van der Waals surface area contributed by atoms with Crippen LogP contribution in [0.3, 0.4) is 0 Å². The summed E-state index contributed by atoms with van der Waals surface area (Å²) in [5.74, 6) is 0.175. The molecule has 15 atom stereocenters. The summed E-state index contributed by atoms with van der Waals surface area (Å²) >= 11 is 9.72. The van der Waals surface area contributed by atoms with E-state index in [4.69, 9.17) is 40.0 Å². The van der Waals surface area contributed by atoms with Gasteiger partial charge in [-0.05, 0) is 28.1 Å². The first-order chi connectivity index (χ1) is 21.4. The fourth-order valence-corrected chi connectivity index (χ4v) is 6.07. The number of benzene rings is 1. The van der Waals surface area contributed by atoms with Gasteiger partial charge in [0.25, 0.3) is 0 Å². The van der Waals surface area contributed by atoms with Gasteiger partial charge in [-0.25, -0.2) is 0 Å². The standard InChI is InChI=1S/C26H35BrClNO16/c27-7-1-2-8-13(14(7)28)9(3-29-8)40-24-20(38)17(35)22(11(5-31)42-24)45-26-21(39)18(36)23(12(6-32)43-26)44-25-19(37)16(34)15(33)10(4-30)41-25/h1-3,10-12,15-26,29-39H,4-6H2/t10-,11-,12-,15-,16+,17-,18-,19-,20-,21+,22+,23+,24-,25+,26-/m0/s1. The van der Waals surface area contributed by atoms with Crippen molar-refractivity contribution in [3.63, 3.8) is 0 Å². The summed E-state index contributed by atoms with van der Waals surface area (Å²) in [6, 6.07) is 3.45. The number of rotatable bonds is 9. The van der Waals surface area contributed by atoms with Gasteiger partial charge in [-0.15, -0.1) is 0 Å². The molecule has 1 aromatic carbocycles. The lowest BCUT2D eigenvalue weighted by Crippen LogP contribution is -2.66. The van der Waals surface area contributed by atoms with Gasteiger partial charge in [0.1, 0.15) is 79.0 Å². The second-order valence-corrected chi connectivity index (χ2v) is 12.1. The number of nitrogens with one attached hydrogen (secondary N) is 1. The average molecular weight is 733 g/mol. The molecule has 3 saturated heterocycles. The van der Waals surface area contributed by atoms with E-state index in [1.54, 1.807) is 12.1 Å². The SMILES string of the molecule is OC[C@@H]1O[C@H](O[C@H]2[C@@H](O)[C@@H](O)[C@H](O[C@H]3[C@@H](O)[C@H](O)[C@@H](Oc4c[nH]c5ccc(Br)c(Cl)c45)O[C@H]3CO)O[C@H]2CO)[C@@H](O)[C@H](O)[C@H]1O. The van der Waals surface area contributed by atoms with Crippen molar-refractivity contribution in [3.05, 3.63) is 27.8 Å². The second-order valence-electron chi connectivity index (χ2n) is 10.9. The second kappa shape index (κ2) is 14.5. The van der Waals surface area contributed by atoms with Crippen molar-refractivity contribution in [3.8, 4) is 5.75 Å². The van der Waals surface area contributed by atoms with E-state index in [1.165, 1.54) is 6.20 Å². The highest BCUT2D eigenvalue weighted by atomic mass is 79.9. The molecule has 45 heavy (non-hydrogen) atoms. The Balaban J connectivity index is 1.27. The molecule has 17 nitrogen and oxygen atoms in total. The minimum Gasteiger partial charge on any atom is -0.460 e. The predicted molar refractivity (Wildman–Crippen MR) is 151 cm³/mol. The van der Waals surface area contributed by atoms with Crippen LogP contribution < -0.4 is 4.74 Å². The monoisotopic (exact) mass is 731 g/mol. The fourth-order valence-electron chi connectivity index (χ4n) is 5.49. The summed E-state index contributed by atoms with van der Waals surface area (Å²) in [5.41, 5.74) is 0.609. The summed E-state index contributed by atoms with van der Waals surface area (Å²) in [5, 5.41) is 104. The first-order valence-electron chi connectivity index (χ1n) is 13.9. The molecular formula is C26H35BrClNO16. The Morgan fingerprint density at radius 1 is 0.667 bits per heavy atom. The number of H-pyrrole nitrogens is 1. The number of halogens is 2. The Kier molecular flexibility index (Phi) is 11.3. The Morgan fingerprint density at radius 3 is 1.71 bits per heavy atom. The van der Waals surface area contributed by atoms with Gasteiger partial charge in [0.05, 0.1) is 35.7 Å². The van der Waals surface area contributed by atoms with Crippen LogP contribution in [0, 0.1) is 0 Å². The highest BCUT2D eigenvalue weighted by Crippen LogP contribution is 2.39. The molecule has 0 spiro atoms. The van der Waals surface area contributed by atoms with Crippen molar-refractivity contribution in [2.75, 3.05) is 19.8 Å². The molecule has 0 amide bonds. The predicted octanol–water partition coefficient (Wildman–Crippen LogP) is -3.59. The lowest BCUT2D eigenvalue weighted by atomic mass is 9.96. The van der Waals surface area contributed by atoms with Crippen LogP contribution in [0.1, 0.15) is 0 Å². The van der Waals surface area contributed by atoms with Crippen molar-refractivity contribution < 1.29 is 79.5 Å². The van der Waals surface area contributed by atoms with Gasteiger partial charge in [0.2, 0.25) is 6.29 Å². The lowest BCUT2D eigenvalue weighted by Gasteiger charge is -2.48. The van der Waals surface area contributed by atoms with E-state index in [0.717, 1.165) is 0 Å². The Labute approximate surface area is 268 Å². The van der Waals surface area contributed by atoms with Gasteiger partial charge in [0, 0.05) is 10.7 Å². The van der Waals surface area contributed by atoms with Gasteiger partial charge in [-0.1, -0.05) is 11.6 Å². The maximum Gasteiger partial charge on any atom is 0.229 e. The number of hydrogen-bond donors (Lipinski definition) is 11. The van der Waals surface area contributed by atoms with Gasteiger partial charge >= 0.3 is 0 Å². The van der Waals surface area contributed by atoms with Crippen LogP contribution >= 0.6 is 27.5 Å². The maximum absolute atomic E-state index is 11.0. The molecule has 0 aliphatic carbocycles. The molecule has 0 saturated carbocycles. The molecule has 0 bridgehead atoms. The largest absolute Gasteiger partial charge is 0.460 e. The van der Waals surface area contributed by atoms with Crippen molar-refractivity contribution in [2.24, 2.45) is 0 Å². The summed E-state index contributed by atoms with van der Waals surface area (Å²) in [7, 11) is 0. The molecule has 2 aromatic rings. The van der Waals surface area contributed by atoms with E-state index in [9.17, 15) is 51.1 Å². The highest BCUT2D eigenvalue weighted by Gasteiger charge is 2.53. The minimum absolute atomic E-state index is 0.175. The first kappa shape index (κ1) is 35.0. The topological polar surface area (TPSA) is 273 Å². The summed E-state index contributed by atoms with van der Waals surface area (Å²) < 4.78 is 34.1. The third kappa shape index (κ3) is 6.72. The molecule has 5 rings (SSSR count). The summed E-state index contributed by atoms with van der Waals surface area (Å²) in [6.07, 6.45) is -23.6. The molecule has 3 aliphatic heterocycles. The van der Waals surface area contributed by atoms with Crippen LogP contribution in [-0.2, 0) is 23.7 Å². The van der Waals surface area contributed by atoms with E-state index >= 15 is 0 Å². The fraction of sp³-hybridized carbons (Fsp3) is 0.692. The molecule has 3 aliphatic rings. The number of hydrogen-bond acceptors (Lipinski definition) is 16. The third-order valence-electron chi connectivity index (χ3n) is 8.02. The molecule has 1 aromatic heterocycles. The van der Waals surface area contributed by atoms with E-state index in [2.05, 4.69) is 20.9 Å². The molecule has 3 fully saturated rings. The molecule has 0 radical (unpaired) electrons. The van der Waals surface area contributed by atoms with Gasteiger partial charge < -0.3 is 84.5 Å². The Bertz CT molecular complexity index is 1290. The first-order valence-corrected chi connectivity index (χ1v) is 15.1. The van der Waals surface area contributed by atoms with Crippen LogP contribution in [0.5, 0.6) is 5.75 Å². The number of aromatic nitrogens is 1. The van der Waals surface area contributed by atoms with E-state index in [-0.39, 0.29) is 5.75 Å². The van der Waals surface area contributed by atoms with Crippen molar-refractivity contribution in [1.82, 2.24) is 4.98 Å². The smallest absolute Gasteiger partial charge is 0.229 e. The highest BCUT2D eigenvalue weighted by molar-refractivity contribution is 9.10. The molecule has 0 unspecified atom stereocenters. The molecule has 4 heterocycles. The Morgan fingerprint density at radius 2 is 1.16 bits per heavy atom. The minimum atomic E-state index is -1.94. The zero-order valence-corrected chi connectivity index (χ0v) is 25.5. The number of fused-ring (bicyclic) bond motifs is 1. The van der Waals surface area contributed by atoms with Gasteiger partial charge in [-0.2, -0.15) is 0 Å².